The van der Waals surface area contributed by atoms with Crippen molar-refractivity contribution in [2.24, 2.45) is 11.7 Å². The van der Waals surface area contributed by atoms with Crippen molar-refractivity contribution < 1.29 is 8.42 Å². The summed E-state index contributed by atoms with van der Waals surface area (Å²) in [5, 5.41) is 0. The third-order valence-electron chi connectivity index (χ3n) is 3.15. The summed E-state index contributed by atoms with van der Waals surface area (Å²) in [6.07, 6.45) is 4.30. The molecule has 0 spiro atoms. The predicted molar refractivity (Wildman–Crippen MR) is 62.0 cm³/mol. The molecule has 1 fully saturated rings. The number of nitrogens with two attached hydrogens (primary N) is 1. The van der Waals surface area contributed by atoms with Crippen molar-refractivity contribution in [2.75, 3.05) is 25.4 Å². The minimum Gasteiger partial charge on any atom is -0.329 e. The summed E-state index contributed by atoms with van der Waals surface area (Å²) in [7, 11) is -3.08. The SMILES string of the molecule is CCC1CCCN(S(=O)(=O)CCN)CC1. The van der Waals surface area contributed by atoms with Crippen molar-refractivity contribution in [3.63, 3.8) is 0 Å². The smallest absolute Gasteiger partial charge is 0.215 e. The summed E-state index contributed by atoms with van der Waals surface area (Å²) in [4.78, 5) is 0. The average Bonchev–Trinajstić information content (AvgIpc) is 2.42. The largest absolute Gasteiger partial charge is 0.329 e. The van der Waals surface area contributed by atoms with Gasteiger partial charge in [0.05, 0.1) is 5.75 Å². The maximum Gasteiger partial charge on any atom is 0.215 e. The summed E-state index contributed by atoms with van der Waals surface area (Å²) in [5.74, 6) is 0.784. The van der Waals surface area contributed by atoms with Gasteiger partial charge in [0.1, 0.15) is 0 Å². The van der Waals surface area contributed by atoms with Crippen LogP contribution in [0.15, 0.2) is 0 Å². The second-order valence-electron chi connectivity index (χ2n) is 4.21. The van der Waals surface area contributed by atoms with Crippen LogP contribution in [0.25, 0.3) is 0 Å². The fourth-order valence-corrected chi connectivity index (χ4v) is 3.45. The second kappa shape index (κ2) is 5.82. The van der Waals surface area contributed by atoms with Crippen molar-refractivity contribution >= 4 is 10.0 Å². The molecule has 1 saturated heterocycles. The van der Waals surface area contributed by atoms with E-state index in [1.165, 1.54) is 0 Å². The van der Waals surface area contributed by atoms with Crippen LogP contribution in [0.5, 0.6) is 0 Å². The van der Waals surface area contributed by atoms with Crippen molar-refractivity contribution in [1.82, 2.24) is 4.31 Å². The Kier molecular flexibility index (Phi) is 5.02. The first-order chi connectivity index (χ1) is 7.10. The third kappa shape index (κ3) is 3.74. The molecule has 1 rings (SSSR count). The Hall–Kier alpha value is -0.130. The van der Waals surface area contributed by atoms with Gasteiger partial charge < -0.3 is 5.73 Å². The summed E-state index contributed by atoms with van der Waals surface area (Å²) in [5.41, 5.74) is 5.31. The molecule has 1 atom stereocenters. The Morgan fingerprint density at radius 2 is 2.07 bits per heavy atom. The van der Waals surface area contributed by atoms with E-state index in [4.69, 9.17) is 5.73 Å². The minimum atomic E-state index is -3.08. The van der Waals surface area contributed by atoms with Crippen LogP contribution in [-0.2, 0) is 10.0 Å². The van der Waals surface area contributed by atoms with Crippen molar-refractivity contribution in [2.45, 2.75) is 32.6 Å². The van der Waals surface area contributed by atoms with Gasteiger partial charge in [-0.2, -0.15) is 0 Å². The second-order valence-corrected chi connectivity index (χ2v) is 6.30. The van der Waals surface area contributed by atoms with E-state index in [1.54, 1.807) is 4.31 Å². The molecule has 0 bridgehead atoms. The van der Waals surface area contributed by atoms with Crippen LogP contribution < -0.4 is 5.73 Å². The lowest BCUT2D eigenvalue weighted by Crippen LogP contribution is -2.36. The lowest BCUT2D eigenvalue weighted by molar-refractivity contribution is 0.407. The average molecular weight is 234 g/mol. The summed E-state index contributed by atoms with van der Waals surface area (Å²) in [6.45, 7) is 3.75. The van der Waals surface area contributed by atoms with E-state index >= 15 is 0 Å². The van der Waals surface area contributed by atoms with E-state index in [-0.39, 0.29) is 12.3 Å². The molecule has 0 saturated carbocycles. The number of sulfonamides is 1. The highest BCUT2D eigenvalue weighted by Crippen LogP contribution is 2.21. The fourth-order valence-electron chi connectivity index (χ4n) is 2.10. The summed E-state index contributed by atoms with van der Waals surface area (Å²) >= 11 is 0. The minimum absolute atomic E-state index is 0.0871. The Morgan fingerprint density at radius 3 is 2.67 bits per heavy atom. The molecular formula is C10H22N2O2S. The molecule has 1 unspecified atom stereocenters. The summed E-state index contributed by atoms with van der Waals surface area (Å²) < 4.78 is 25.2. The first-order valence-corrected chi connectivity index (χ1v) is 7.39. The van der Waals surface area contributed by atoms with E-state index in [9.17, 15) is 8.42 Å². The number of rotatable bonds is 4. The highest BCUT2D eigenvalue weighted by atomic mass is 32.2. The number of nitrogens with zero attached hydrogens (tertiary/aromatic N) is 1. The molecule has 0 radical (unpaired) electrons. The highest BCUT2D eigenvalue weighted by Gasteiger charge is 2.24. The van der Waals surface area contributed by atoms with Crippen LogP contribution in [0.4, 0.5) is 0 Å². The molecule has 4 nitrogen and oxygen atoms in total. The van der Waals surface area contributed by atoms with Crippen LogP contribution in [-0.4, -0.2) is 38.1 Å². The first-order valence-electron chi connectivity index (χ1n) is 5.78. The molecule has 1 aliphatic rings. The van der Waals surface area contributed by atoms with Gasteiger partial charge in [0.25, 0.3) is 0 Å². The van der Waals surface area contributed by atoms with Crippen LogP contribution in [0.1, 0.15) is 32.6 Å². The monoisotopic (exact) mass is 234 g/mol. The molecule has 0 aromatic carbocycles. The molecule has 90 valence electrons. The third-order valence-corrected chi connectivity index (χ3v) is 5.06. The number of hydrogen-bond acceptors (Lipinski definition) is 3. The Labute approximate surface area is 92.9 Å². The quantitative estimate of drug-likeness (QED) is 0.782. The van der Waals surface area contributed by atoms with Crippen molar-refractivity contribution in [3.05, 3.63) is 0 Å². The van der Waals surface area contributed by atoms with Gasteiger partial charge in [-0.05, 0) is 25.2 Å². The normalized spacial score (nSPS) is 25.1. The highest BCUT2D eigenvalue weighted by molar-refractivity contribution is 7.89. The van der Waals surface area contributed by atoms with Crippen molar-refractivity contribution in [1.29, 1.82) is 0 Å². The molecule has 0 aromatic heterocycles. The van der Waals surface area contributed by atoms with E-state index in [1.807, 2.05) is 0 Å². The summed E-state index contributed by atoms with van der Waals surface area (Å²) in [6, 6.07) is 0. The van der Waals surface area contributed by atoms with Crippen LogP contribution in [0.3, 0.4) is 0 Å². The van der Waals surface area contributed by atoms with Crippen LogP contribution in [0, 0.1) is 5.92 Å². The first kappa shape index (κ1) is 12.9. The number of hydrogen-bond donors (Lipinski definition) is 1. The zero-order chi connectivity index (χ0) is 11.3. The molecule has 0 amide bonds. The van der Waals surface area contributed by atoms with Gasteiger partial charge in [-0.3, -0.25) is 0 Å². The maximum atomic E-state index is 11.8. The Bertz CT molecular complexity index is 277. The Morgan fingerprint density at radius 1 is 1.33 bits per heavy atom. The topological polar surface area (TPSA) is 63.4 Å². The lowest BCUT2D eigenvalue weighted by atomic mass is 9.98. The van der Waals surface area contributed by atoms with E-state index in [2.05, 4.69) is 6.92 Å². The van der Waals surface area contributed by atoms with Gasteiger partial charge >= 0.3 is 0 Å². The van der Waals surface area contributed by atoms with E-state index in [0.29, 0.717) is 19.0 Å². The van der Waals surface area contributed by atoms with Crippen LogP contribution in [0.2, 0.25) is 0 Å². The molecule has 2 N–H and O–H groups in total. The van der Waals surface area contributed by atoms with Gasteiger partial charge in [0.2, 0.25) is 10.0 Å². The van der Waals surface area contributed by atoms with Gasteiger partial charge in [0, 0.05) is 19.6 Å². The van der Waals surface area contributed by atoms with Gasteiger partial charge in [-0.25, -0.2) is 12.7 Å². The van der Waals surface area contributed by atoms with Gasteiger partial charge in [-0.15, -0.1) is 0 Å². The maximum absolute atomic E-state index is 11.8. The van der Waals surface area contributed by atoms with E-state index < -0.39 is 10.0 Å². The molecular weight excluding hydrogens is 212 g/mol. The van der Waals surface area contributed by atoms with Crippen molar-refractivity contribution in [3.8, 4) is 0 Å². The molecule has 1 aliphatic heterocycles. The zero-order valence-electron chi connectivity index (χ0n) is 9.48. The molecule has 5 heteroatoms. The Balaban J connectivity index is 2.57. The lowest BCUT2D eigenvalue weighted by Gasteiger charge is -2.19. The molecule has 0 aromatic rings. The molecule has 0 aliphatic carbocycles. The van der Waals surface area contributed by atoms with Crippen LogP contribution >= 0.6 is 0 Å². The standard InChI is InChI=1S/C10H22N2O2S/c1-2-10-4-3-7-12(8-5-10)15(13,14)9-6-11/h10H,2-9,11H2,1H3. The van der Waals surface area contributed by atoms with E-state index in [0.717, 1.165) is 25.7 Å². The zero-order valence-corrected chi connectivity index (χ0v) is 10.3. The molecule has 1 heterocycles. The fraction of sp³-hybridized carbons (Fsp3) is 1.00. The van der Waals surface area contributed by atoms with Gasteiger partial charge in [0.15, 0.2) is 0 Å². The predicted octanol–water partition coefficient (Wildman–Crippen LogP) is 0.787. The van der Waals surface area contributed by atoms with Gasteiger partial charge in [-0.1, -0.05) is 13.3 Å². The molecule has 15 heavy (non-hydrogen) atoms.